The zero-order chi connectivity index (χ0) is 22.1. The van der Waals surface area contributed by atoms with E-state index in [-0.39, 0.29) is 18.4 Å². The van der Waals surface area contributed by atoms with Crippen LogP contribution in [-0.2, 0) is 16.0 Å². The molecule has 1 fully saturated rings. The first-order chi connectivity index (χ1) is 15.0. The van der Waals surface area contributed by atoms with Gasteiger partial charge >= 0.3 is 6.16 Å². The molecule has 2 aromatic rings. The van der Waals surface area contributed by atoms with Crippen molar-refractivity contribution in [2.75, 3.05) is 26.2 Å². The Morgan fingerprint density at radius 3 is 2.32 bits per heavy atom. The van der Waals surface area contributed by atoms with Crippen LogP contribution in [-0.4, -0.2) is 49.1 Å². The summed E-state index contributed by atoms with van der Waals surface area (Å²) in [7, 11) is 0. The van der Waals surface area contributed by atoms with Crippen molar-refractivity contribution in [2.24, 2.45) is 5.92 Å². The topological polar surface area (TPSA) is 84.9 Å². The molecular formula is C24H28N2O5. The van der Waals surface area contributed by atoms with Gasteiger partial charge in [0.25, 0.3) is 5.91 Å². The molecule has 7 nitrogen and oxygen atoms in total. The number of carbonyl (C=O) groups excluding carboxylic acids is 3. The molecule has 0 bridgehead atoms. The average Bonchev–Trinajstić information content (AvgIpc) is 2.79. The number of nitrogens with one attached hydrogen (secondary N) is 1. The Hall–Kier alpha value is -3.35. The van der Waals surface area contributed by atoms with Crippen LogP contribution in [0.1, 0.15) is 35.7 Å². The normalized spacial score (nSPS) is 14.0. The van der Waals surface area contributed by atoms with E-state index in [1.54, 1.807) is 31.2 Å². The van der Waals surface area contributed by atoms with E-state index in [0.29, 0.717) is 43.3 Å². The van der Waals surface area contributed by atoms with E-state index in [1.807, 2.05) is 35.2 Å². The van der Waals surface area contributed by atoms with Crippen molar-refractivity contribution in [1.29, 1.82) is 0 Å². The Morgan fingerprint density at radius 2 is 1.68 bits per heavy atom. The Morgan fingerprint density at radius 1 is 1.00 bits per heavy atom. The zero-order valence-corrected chi connectivity index (χ0v) is 17.7. The van der Waals surface area contributed by atoms with Crippen molar-refractivity contribution in [1.82, 2.24) is 10.2 Å². The van der Waals surface area contributed by atoms with Crippen LogP contribution in [0, 0.1) is 5.92 Å². The standard InChI is InChI=1S/C24H28N2O5/c1-2-30-24(29)31-21-10-8-20(9-11-21)23(28)25-17-19-12-14-26(15-13-19)22(27)16-18-6-4-3-5-7-18/h3-11,19H,2,12-17H2,1H3,(H,25,28). The van der Waals surface area contributed by atoms with Crippen LogP contribution in [0.25, 0.3) is 0 Å². The van der Waals surface area contributed by atoms with Gasteiger partial charge in [-0.2, -0.15) is 0 Å². The third-order valence-corrected chi connectivity index (χ3v) is 5.30. The summed E-state index contributed by atoms with van der Waals surface area (Å²) in [6, 6.07) is 16.1. The molecule has 31 heavy (non-hydrogen) atoms. The molecule has 0 aromatic heterocycles. The van der Waals surface area contributed by atoms with Crippen LogP contribution in [0.5, 0.6) is 5.75 Å². The predicted octanol–water partition coefficient (Wildman–Crippen LogP) is 3.43. The molecule has 2 amide bonds. The van der Waals surface area contributed by atoms with Crippen LogP contribution >= 0.6 is 0 Å². The van der Waals surface area contributed by atoms with E-state index in [2.05, 4.69) is 5.32 Å². The molecule has 2 aromatic carbocycles. The second-order valence-electron chi connectivity index (χ2n) is 7.51. The number of hydrogen-bond donors (Lipinski definition) is 1. The predicted molar refractivity (Wildman–Crippen MR) is 116 cm³/mol. The van der Waals surface area contributed by atoms with E-state index < -0.39 is 6.16 Å². The third-order valence-electron chi connectivity index (χ3n) is 5.30. The summed E-state index contributed by atoms with van der Waals surface area (Å²) in [6.07, 6.45) is 1.39. The summed E-state index contributed by atoms with van der Waals surface area (Å²) in [6.45, 7) is 3.93. The molecule has 1 N–H and O–H groups in total. The number of hydrogen-bond acceptors (Lipinski definition) is 5. The molecule has 1 aliphatic rings. The molecule has 7 heteroatoms. The highest BCUT2D eigenvalue weighted by Crippen LogP contribution is 2.18. The number of likely N-dealkylation sites (tertiary alicyclic amines) is 1. The number of benzene rings is 2. The van der Waals surface area contributed by atoms with Gasteiger partial charge in [-0.05, 0) is 55.5 Å². The summed E-state index contributed by atoms with van der Waals surface area (Å²) < 4.78 is 9.70. The largest absolute Gasteiger partial charge is 0.513 e. The van der Waals surface area contributed by atoms with Crippen molar-refractivity contribution >= 4 is 18.0 Å². The first-order valence-corrected chi connectivity index (χ1v) is 10.6. The molecule has 0 unspecified atom stereocenters. The minimum absolute atomic E-state index is 0.152. The molecule has 0 atom stereocenters. The highest BCUT2D eigenvalue weighted by atomic mass is 16.7. The minimum atomic E-state index is -0.770. The van der Waals surface area contributed by atoms with Crippen LogP contribution in [0.4, 0.5) is 4.79 Å². The molecule has 164 valence electrons. The van der Waals surface area contributed by atoms with Gasteiger partial charge in [0.2, 0.25) is 5.91 Å². The van der Waals surface area contributed by atoms with Crippen LogP contribution in [0.15, 0.2) is 54.6 Å². The summed E-state index contributed by atoms with van der Waals surface area (Å²) in [4.78, 5) is 38.1. The fourth-order valence-electron chi connectivity index (χ4n) is 3.53. The fourth-order valence-corrected chi connectivity index (χ4v) is 3.53. The molecule has 0 spiro atoms. The smallest absolute Gasteiger partial charge is 0.434 e. The number of nitrogens with zero attached hydrogens (tertiary/aromatic N) is 1. The van der Waals surface area contributed by atoms with E-state index >= 15 is 0 Å². The number of rotatable bonds is 7. The fraction of sp³-hybridized carbons (Fsp3) is 0.375. The second-order valence-corrected chi connectivity index (χ2v) is 7.51. The highest BCUT2D eigenvalue weighted by Gasteiger charge is 2.23. The van der Waals surface area contributed by atoms with Crippen LogP contribution in [0.2, 0.25) is 0 Å². The van der Waals surface area contributed by atoms with Crippen molar-refractivity contribution < 1.29 is 23.9 Å². The molecule has 1 saturated heterocycles. The SMILES string of the molecule is CCOC(=O)Oc1ccc(C(=O)NCC2CCN(C(=O)Cc3ccccc3)CC2)cc1. The van der Waals surface area contributed by atoms with E-state index in [9.17, 15) is 14.4 Å². The van der Waals surface area contributed by atoms with E-state index in [1.165, 1.54) is 0 Å². The van der Waals surface area contributed by atoms with E-state index in [4.69, 9.17) is 9.47 Å². The van der Waals surface area contributed by atoms with Gasteiger partial charge in [-0.25, -0.2) is 4.79 Å². The lowest BCUT2D eigenvalue weighted by Crippen LogP contribution is -2.42. The lowest BCUT2D eigenvalue weighted by atomic mass is 9.96. The average molecular weight is 424 g/mol. The van der Waals surface area contributed by atoms with Gasteiger partial charge in [0.15, 0.2) is 0 Å². The first kappa shape index (κ1) is 22.3. The molecule has 0 radical (unpaired) electrons. The van der Waals surface area contributed by atoms with Gasteiger partial charge in [-0.3, -0.25) is 9.59 Å². The van der Waals surface area contributed by atoms with Crippen molar-refractivity contribution in [2.45, 2.75) is 26.2 Å². The van der Waals surface area contributed by atoms with Gasteiger partial charge in [0, 0.05) is 25.2 Å². The zero-order valence-electron chi connectivity index (χ0n) is 17.7. The van der Waals surface area contributed by atoms with Gasteiger partial charge in [0.05, 0.1) is 13.0 Å². The van der Waals surface area contributed by atoms with Gasteiger partial charge < -0.3 is 19.7 Å². The Bertz CT molecular complexity index is 875. The van der Waals surface area contributed by atoms with Crippen molar-refractivity contribution in [3.63, 3.8) is 0 Å². The molecule has 0 saturated carbocycles. The maximum atomic E-state index is 12.5. The van der Waals surface area contributed by atoms with Crippen LogP contribution in [0.3, 0.4) is 0 Å². The Kier molecular flexibility index (Phi) is 8.04. The summed E-state index contributed by atoms with van der Waals surface area (Å²) in [5.74, 6) is 0.641. The van der Waals surface area contributed by atoms with Crippen molar-refractivity contribution in [3.05, 3.63) is 65.7 Å². The monoisotopic (exact) mass is 424 g/mol. The summed E-state index contributed by atoms with van der Waals surface area (Å²) >= 11 is 0. The number of amides is 2. The van der Waals surface area contributed by atoms with Gasteiger partial charge in [-0.1, -0.05) is 30.3 Å². The van der Waals surface area contributed by atoms with E-state index in [0.717, 1.165) is 18.4 Å². The molecule has 0 aliphatic carbocycles. The quantitative estimate of drug-likeness (QED) is 0.544. The lowest BCUT2D eigenvalue weighted by molar-refractivity contribution is -0.131. The van der Waals surface area contributed by atoms with Gasteiger partial charge in [0.1, 0.15) is 5.75 Å². The lowest BCUT2D eigenvalue weighted by Gasteiger charge is -2.32. The Balaban J connectivity index is 1.39. The number of carbonyl (C=O) groups is 3. The Labute approximate surface area is 182 Å². The summed E-state index contributed by atoms with van der Waals surface area (Å²) in [5.41, 5.74) is 1.52. The second kappa shape index (κ2) is 11.2. The molecule has 1 aliphatic heterocycles. The number of ether oxygens (including phenoxy) is 2. The summed E-state index contributed by atoms with van der Waals surface area (Å²) in [5, 5.41) is 2.96. The minimum Gasteiger partial charge on any atom is -0.434 e. The van der Waals surface area contributed by atoms with Gasteiger partial charge in [-0.15, -0.1) is 0 Å². The molecule has 3 rings (SSSR count). The third kappa shape index (κ3) is 6.84. The highest BCUT2D eigenvalue weighted by molar-refractivity contribution is 5.94. The number of piperidine rings is 1. The molecule has 1 heterocycles. The maximum Gasteiger partial charge on any atom is 0.513 e. The van der Waals surface area contributed by atoms with Crippen LogP contribution < -0.4 is 10.1 Å². The maximum absolute atomic E-state index is 12.5. The first-order valence-electron chi connectivity index (χ1n) is 10.6. The molecular weight excluding hydrogens is 396 g/mol. The van der Waals surface area contributed by atoms with Crippen molar-refractivity contribution in [3.8, 4) is 5.75 Å².